The first-order valence-electron chi connectivity index (χ1n) is 17.5. The molecule has 242 valence electrons. The molecule has 0 N–H and O–H groups in total. The first-order chi connectivity index (χ1) is 25.3. The van der Waals surface area contributed by atoms with Crippen molar-refractivity contribution in [3.63, 3.8) is 0 Å². The highest BCUT2D eigenvalue weighted by molar-refractivity contribution is 8.00. The van der Waals surface area contributed by atoms with Gasteiger partial charge in [-0.3, -0.25) is 4.57 Å². The van der Waals surface area contributed by atoms with Crippen LogP contribution >= 0.6 is 11.8 Å². The molecule has 0 bridgehead atoms. The zero-order chi connectivity index (χ0) is 33.5. The van der Waals surface area contributed by atoms with Gasteiger partial charge >= 0.3 is 0 Å². The van der Waals surface area contributed by atoms with Crippen molar-refractivity contribution in [2.24, 2.45) is 0 Å². The summed E-state index contributed by atoms with van der Waals surface area (Å²) < 4.78 is 2.29. The fraction of sp³-hybridized carbons (Fsp3) is 0.0889. The second kappa shape index (κ2) is 11.3. The van der Waals surface area contributed by atoms with E-state index in [0.29, 0.717) is 28.8 Å². The third kappa shape index (κ3) is 4.39. The average Bonchev–Trinajstić information content (AvgIpc) is 3.86. The van der Waals surface area contributed by atoms with Crippen LogP contribution in [-0.2, 0) is 0 Å². The molecule has 2 aromatic heterocycles. The molecular weight excluding hydrogens is 643 g/mol. The normalized spacial score (nSPS) is 20.9. The Morgan fingerprint density at radius 3 is 2.02 bits per heavy atom. The lowest BCUT2D eigenvalue weighted by Gasteiger charge is -2.30. The van der Waals surface area contributed by atoms with Crippen LogP contribution in [0.15, 0.2) is 169 Å². The Balaban J connectivity index is 1.20. The van der Waals surface area contributed by atoms with E-state index in [1.807, 2.05) is 48.2 Å². The van der Waals surface area contributed by atoms with Gasteiger partial charge in [-0.1, -0.05) is 140 Å². The van der Waals surface area contributed by atoms with E-state index in [0.717, 1.165) is 22.2 Å². The zero-order valence-corrected chi connectivity index (χ0v) is 28.4. The second-order valence-corrected chi connectivity index (χ2v) is 14.7. The molecule has 5 nitrogen and oxygen atoms in total. The Bertz CT molecular complexity index is 2600. The molecule has 0 fully saturated rings. The summed E-state index contributed by atoms with van der Waals surface area (Å²) in [5, 5.41) is 2.81. The van der Waals surface area contributed by atoms with Crippen molar-refractivity contribution in [2.75, 3.05) is 4.90 Å². The maximum Gasteiger partial charge on any atom is 0.238 e. The Kier molecular flexibility index (Phi) is 6.37. The molecule has 4 unspecified atom stereocenters. The number of allylic oxidation sites excluding steroid dienone is 5. The minimum atomic E-state index is 0.143. The molecule has 0 saturated heterocycles. The van der Waals surface area contributed by atoms with E-state index >= 15 is 0 Å². The predicted molar refractivity (Wildman–Crippen MR) is 209 cm³/mol. The molecule has 4 aliphatic rings. The lowest BCUT2D eigenvalue weighted by Crippen LogP contribution is -2.29. The molecule has 51 heavy (non-hydrogen) atoms. The highest BCUT2D eigenvalue weighted by atomic mass is 32.2. The van der Waals surface area contributed by atoms with E-state index in [1.165, 1.54) is 38.2 Å². The van der Waals surface area contributed by atoms with Gasteiger partial charge in [0.25, 0.3) is 0 Å². The monoisotopic (exact) mass is 673 g/mol. The number of hydrogen-bond acceptors (Lipinski definition) is 5. The maximum absolute atomic E-state index is 5.26. The maximum atomic E-state index is 5.26. The molecule has 5 aromatic carbocycles. The number of hydrogen-bond donors (Lipinski definition) is 0. The van der Waals surface area contributed by atoms with Gasteiger partial charge in [-0.15, -0.1) is 11.8 Å². The number of fused-ring (bicyclic) bond motifs is 10. The van der Waals surface area contributed by atoms with Crippen LogP contribution < -0.4 is 4.90 Å². The van der Waals surface area contributed by atoms with Gasteiger partial charge in [0, 0.05) is 49.6 Å². The topological polar surface area (TPSA) is 46.8 Å². The van der Waals surface area contributed by atoms with Gasteiger partial charge in [0.2, 0.25) is 5.95 Å². The molecule has 0 spiro atoms. The van der Waals surface area contributed by atoms with Crippen LogP contribution in [0, 0.1) is 0 Å². The molecule has 4 heterocycles. The summed E-state index contributed by atoms with van der Waals surface area (Å²) in [6, 6.07) is 41.0. The van der Waals surface area contributed by atoms with Gasteiger partial charge in [0.1, 0.15) is 0 Å². The Morgan fingerprint density at radius 2 is 1.24 bits per heavy atom. The fourth-order valence-electron chi connectivity index (χ4n) is 8.44. The van der Waals surface area contributed by atoms with Crippen molar-refractivity contribution >= 4 is 44.9 Å². The molecule has 0 saturated carbocycles. The summed E-state index contributed by atoms with van der Waals surface area (Å²) in [6.45, 7) is 0. The molecule has 0 amide bonds. The molecule has 4 atom stereocenters. The summed E-state index contributed by atoms with van der Waals surface area (Å²) in [5.41, 5.74) is 9.22. The van der Waals surface area contributed by atoms with Gasteiger partial charge in [0.05, 0.1) is 22.8 Å². The Morgan fingerprint density at radius 1 is 0.549 bits per heavy atom. The number of nitrogens with zero attached hydrogens (tertiary/aromatic N) is 5. The number of rotatable bonds is 4. The Labute approximate surface area is 300 Å². The number of anilines is 2. The number of benzene rings is 5. The van der Waals surface area contributed by atoms with Gasteiger partial charge in [0.15, 0.2) is 11.6 Å². The number of para-hydroxylation sites is 1. The van der Waals surface area contributed by atoms with E-state index < -0.39 is 0 Å². The van der Waals surface area contributed by atoms with Crippen LogP contribution in [0.5, 0.6) is 0 Å². The predicted octanol–water partition coefficient (Wildman–Crippen LogP) is 10.7. The van der Waals surface area contributed by atoms with Gasteiger partial charge in [-0.05, 0) is 35.4 Å². The Hall–Kier alpha value is -5.98. The van der Waals surface area contributed by atoms with Crippen molar-refractivity contribution < 1.29 is 0 Å². The number of aromatic nitrogens is 4. The van der Waals surface area contributed by atoms with Gasteiger partial charge in [-0.25, -0.2) is 4.98 Å². The molecule has 2 aliphatic heterocycles. The molecular formula is C45H31N5S. The third-order valence-electron chi connectivity index (χ3n) is 10.7. The summed E-state index contributed by atoms with van der Waals surface area (Å²) in [4.78, 5) is 19.5. The summed E-state index contributed by atoms with van der Waals surface area (Å²) in [7, 11) is 0. The highest BCUT2D eigenvalue weighted by Gasteiger charge is 2.41. The van der Waals surface area contributed by atoms with Crippen LogP contribution in [0.25, 0.3) is 50.5 Å². The molecule has 2 aliphatic carbocycles. The van der Waals surface area contributed by atoms with Crippen LogP contribution in [0.4, 0.5) is 11.4 Å². The van der Waals surface area contributed by atoms with Crippen molar-refractivity contribution in [3.05, 3.63) is 175 Å². The first-order valence-corrected chi connectivity index (χ1v) is 18.4. The van der Waals surface area contributed by atoms with Crippen molar-refractivity contribution in [1.29, 1.82) is 0 Å². The zero-order valence-electron chi connectivity index (χ0n) is 27.5. The summed E-state index contributed by atoms with van der Waals surface area (Å²) >= 11 is 1.98. The van der Waals surface area contributed by atoms with Crippen molar-refractivity contribution in [1.82, 2.24) is 19.5 Å². The molecule has 7 aromatic rings. The van der Waals surface area contributed by atoms with Crippen molar-refractivity contribution in [2.45, 2.75) is 28.0 Å². The second-order valence-electron chi connectivity index (χ2n) is 13.5. The quantitative estimate of drug-likeness (QED) is 0.186. The molecule has 0 radical (unpaired) electrons. The summed E-state index contributed by atoms with van der Waals surface area (Å²) in [5.74, 6) is 2.50. The number of thioether (sulfide) groups is 1. The fourth-order valence-corrected chi connectivity index (χ4v) is 9.77. The van der Waals surface area contributed by atoms with E-state index in [-0.39, 0.29) is 12.0 Å². The minimum absolute atomic E-state index is 0.143. The van der Waals surface area contributed by atoms with Crippen LogP contribution in [0.1, 0.15) is 23.0 Å². The van der Waals surface area contributed by atoms with Crippen molar-refractivity contribution in [3.8, 4) is 28.7 Å². The molecule has 11 rings (SSSR count). The lowest BCUT2D eigenvalue weighted by atomic mass is 9.90. The van der Waals surface area contributed by atoms with E-state index in [4.69, 9.17) is 15.0 Å². The van der Waals surface area contributed by atoms with E-state index in [1.54, 1.807) is 0 Å². The van der Waals surface area contributed by atoms with Gasteiger partial charge < -0.3 is 4.90 Å². The van der Waals surface area contributed by atoms with Crippen LogP contribution in [-0.4, -0.2) is 30.8 Å². The smallest absolute Gasteiger partial charge is 0.238 e. The SMILES string of the molecule is C1=CC2Sc3ccc(N4c5c(ccc6c7ccccc7n(-c7nc(-c8ccccc8)nc(-c8ccccc8)n7)c56)C5C=CC=CC54)cc3C2C=C1. The lowest BCUT2D eigenvalue weighted by molar-refractivity contribution is 0.743. The standard InChI is InChI=1S/C45H31N5S/c1-3-13-28(14-4-1)43-46-44(29-15-5-2-6-16-29)48-45(47-43)50-38-21-11-8-18-32(38)35-25-24-34-31-17-7-10-20-37(31)49(41(34)42(35)50)30-23-26-40-36(27-30)33-19-9-12-22-39(33)51-40/h1-27,31,33,37,39H. The minimum Gasteiger partial charge on any atom is -0.332 e. The van der Waals surface area contributed by atoms with Crippen LogP contribution in [0.3, 0.4) is 0 Å². The third-order valence-corrected chi connectivity index (χ3v) is 12.1. The average molecular weight is 674 g/mol. The summed E-state index contributed by atoms with van der Waals surface area (Å²) in [6.07, 6.45) is 18.2. The van der Waals surface area contributed by atoms with Crippen LogP contribution in [0.2, 0.25) is 0 Å². The van der Waals surface area contributed by atoms with Gasteiger partial charge in [-0.2, -0.15) is 9.97 Å². The highest BCUT2D eigenvalue weighted by Crippen LogP contribution is 2.55. The van der Waals surface area contributed by atoms with E-state index in [2.05, 4.69) is 137 Å². The van der Waals surface area contributed by atoms with E-state index in [9.17, 15) is 0 Å². The molecule has 6 heteroatoms. The largest absolute Gasteiger partial charge is 0.332 e. The first kappa shape index (κ1) is 28.8.